The Kier molecular flexibility index (Phi) is 3.71. The van der Waals surface area contributed by atoms with Gasteiger partial charge in [-0.2, -0.15) is 0 Å². The highest BCUT2D eigenvalue weighted by Gasteiger charge is 2.25. The highest BCUT2D eigenvalue weighted by atomic mass is 16.5. The summed E-state index contributed by atoms with van der Waals surface area (Å²) in [5.41, 5.74) is 6.47. The van der Waals surface area contributed by atoms with Crippen LogP contribution in [0.15, 0.2) is 12.5 Å². The fraction of sp³-hybridized carbons (Fsp3) is 0.692. The Bertz CT molecular complexity index is 394. The van der Waals surface area contributed by atoms with E-state index < -0.39 is 0 Å². The number of nitrogens with zero attached hydrogens (tertiary/aromatic N) is 3. The molecule has 2 N–H and O–H groups in total. The van der Waals surface area contributed by atoms with E-state index in [1.54, 1.807) is 12.5 Å². The first kappa shape index (κ1) is 13.1. The van der Waals surface area contributed by atoms with Gasteiger partial charge in [0.05, 0.1) is 23.6 Å². The van der Waals surface area contributed by atoms with Crippen molar-refractivity contribution in [1.29, 1.82) is 0 Å². The fourth-order valence-electron chi connectivity index (χ4n) is 2.28. The van der Waals surface area contributed by atoms with E-state index in [1.807, 2.05) is 0 Å². The number of piperidine rings is 1. The van der Waals surface area contributed by atoms with Gasteiger partial charge in [-0.25, -0.2) is 9.97 Å². The third kappa shape index (κ3) is 3.32. The minimum absolute atomic E-state index is 0.0687. The molecule has 1 aliphatic heterocycles. The van der Waals surface area contributed by atoms with E-state index >= 15 is 0 Å². The van der Waals surface area contributed by atoms with Crippen LogP contribution in [0.5, 0.6) is 0 Å². The van der Waals surface area contributed by atoms with Gasteiger partial charge in [-0.1, -0.05) is 0 Å². The summed E-state index contributed by atoms with van der Waals surface area (Å²) in [7, 11) is 0. The third-order valence-corrected chi connectivity index (χ3v) is 2.98. The zero-order valence-corrected chi connectivity index (χ0v) is 11.4. The SMILES string of the molecule is CC(C)(C)OC1CCN(c2ncncc2N)CC1. The van der Waals surface area contributed by atoms with Crippen molar-refractivity contribution in [2.45, 2.75) is 45.3 Å². The molecule has 0 atom stereocenters. The summed E-state index contributed by atoms with van der Waals surface area (Å²) in [6.45, 7) is 8.16. The zero-order chi connectivity index (χ0) is 13.2. The molecule has 1 aliphatic rings. The van der Waals surface area contributed by atoms with Crippen LogP contribution in [0.4, 0.5) is 11.5 Å². The number of ether oxygens (including phenoxy) is 1. The Hall–Kier alpha value is -1.36. The molecule has 1 aromatic rings. The second kappa shape index (κ2) is 5.10. The van der Waals surface area contributed by atoms with Gasteiger partial charge in [0, 0.05) is 13.1 Å². The van der Waals surface area contributed by atoms with Gasteiger partial charge in [0.1, 0.15) is 6.33 Å². The monoisotopic (exact) mass is 250 g/mol. The van der Waals surface area contributed by atoms with Crippen LogP contribution in [0.2, 0.25) is 0 Å². The highest BCUT2D eigenvalue weighted by Crippen LogP contribution is 2.25. The van der Waals surface area contributed by atoms with Gasteiger partial charge in [-0.05, 0) is 33.6 Å². The molecular weight excluding hydrogens is 228 g/mol. The molecule has 0 bridgehead atoms. The predicted octanol–water partition coefficient (Wildman–Crippen LogP) is 1.84. The summed E-state index contributed by atoms with van der Waals surface area (Å²) >= 11 is 0. The van der Waals surface area contributed by atoms with Gasteiger partial charge in [0.15, 0.2) is 5.82 Å². The van der Waals surface area contributed by atoms with E-state index in [-0.39, 0.29) is 5.60 Å². The molecule has 0 aromatic carbocycles. The van der Waals surface area contributed by atoms with Crippen LogP contribution in [0.1, 0.15) is 33.6 Å². The van der Waals surface area contributed by atoms with Gasteiger partial charge in [-0.3, -0.25) is 0 Å². The Labute approximate surface area is 108 Å². The maximum atomic E-state index is 6.00. The van der Waals surface area contributed by atoms with Crippen molar-refractivity contribution in [1.82, 2.24) is 9.97 Å². The van der Waals surface area contributed by atoms with Gasteiger partial charge >= 0.3 is 0 Å². The lowest BCUT2D eigenvalue weighted by atomic mass is 10.1. The van der Waals surface area contributed by atoms with Crippen molar-refractivity contribution in [3.05, 3.63) is 12.5 Å². The summed E-state index contributed by atoms with van der Waals surface area (Å²) in [5.74, 6) is 0.846. The molecule has 0 spiro atoms. The zero-order valence-electron chi connectivity index (χ0n) is 11.4. The second-order valence-corrected chi connectivity index (χ2v) is 5.72. The normalized spacial score (nSPS) is 18.1. The largest absolute Gasteiger partial charge is 0.394 e. The lowest BCUT2D eigenvalue weighted by Gasteiger charge is -2.36. The van der Waals surface area contributed by atoms with Crippen LogP contribution in [-0.2, 0) is 4.74 Å². The minimum Gasteiger partial charge on any atom is -0.394 e. The van der Waals surface area contributed by atoms with Crippen LogP contribution >= 0.6 is 0 Å². The van der Waals surface area contributed by atoms with Crippen LogP contribution < -0.4 is 10.6 Å². The maximum absolute atomic E-state index is 6.00. The molecule has 0 radical (unpaired) electrons. The van der Waals surface area contributed by atoms with Crippen molar-refractivity contribution >= 4 is 11.5 Å². The second-order valence-electron chi connectivity index (χ2n) is 5.72. The predicted molar refractivity (Wildman–Crippen MR) is 72.5 cm³/mol. The van der Waals surface area contributed by atoms with Crippen molar-refractivity contribution in [3.63, 3.8) is 0 Å². The summed E-state index contributed by atoms with van der Waals surface area (Å²) in [4.78, 5) is 10.4. The molecular formula is C13H22N4O. The Morgan fingerprint density at radius 3 is 2.56 bits per heavy atom. The third-order valence-electron chi connectivity index (χ3n) is 2.98. The molecule has 5 nitrogen and oxygen atoms in total. The lowest BCUT2D eigenvalue weighted by molar-refractivity contribution is -0.0683. The first-order valence-corrected chi connectivity index (χ1v) is 6.44. The first-order valence-electron chi connectivity index (χ1n) is 6.44. The van der Waals surface area contributed by atoms with Crippen molar-refractivity contribution in [2.75, 3.05) is 23.7 Å². The lowest BCUT2D eigenvalue weighted by Crippen LogP contribution is -2.40. The van der Waals surface area contributed by atoms with Crippen LogP contribution in [0, 0.1) is 0 Å². The number of nitrogen functional groups attached to an aromatic ring is 1. The van der Waals surface area contributed by atoms with E-state index in [9.17, 15) is 0 Å². The van der Waals surface area contributed by atoms with E-state index in [4.69, 9.17) is 10.5 Å². The molecule has 2 rings (SSSR count). The Balaban J connectivity index is 1.93. The average molecular weight is 250 g/mol. The van der Waals surface area contributed by atoms with Gasteiger partial charge in [-0.15, -0.1) is 0 Å². The number of anilines is 2. The van der Waals surface area contributed by atoms with Crippen molar-refractivity contribution in [3.8, 4) is 0 Å². The molecule has 0 amide bonds. The Morgan fingerprint density at radius 2 is 2.00 bits per heavy atom. The van der Waals surface area contributed by atoms with Crippen LogP contribution in [-0.4, -0.2) is 34.8 Å². The van der Waals surface area contributed by atoms with E-state index in [0.29, 0.717) is 11.8 Å². The van der Waals surface area contributed by atoms with Gasteiger partial charge in [0.25, 0.3) is 0 Å². The van der Waals surface area contributed by atoms with E-state index in [1.165, 1.54) is 0 Å². The number of nitrogens with two attached hydrogens (primary N) is 1. The van der Waals surface area contributed by atoms with Gasteiger partial charge in [0.2, 0.25) is 0 Å². The molecule has 0 aliphatic carbocycles. The summed E-state index contributed by atoms with van der Waals surface area (Å²) in [6, 6.07) is 0. The fourth-order valence-corrected chi connectivity index (χ4v) is 2.28. The number of rotatable bonds is 2. The number of aromatic nitrogens is 2. The maximum Gasteiger partial charge on any atom is 0.155 e. The van der Waals surface area contributed by atoms with E-state index in [0.717, 1.165) is 31.7 Å². The molecule has 2 heterocycles. The summed E-state index contributed by atoms with van der Waals surface area (Å²) < 4.78 is 6.00. The van der Waals surface area contributed by atoms with Crippen LogP contribution in [0.25, 0.3) is 0 Å². The molecule has 0 saturated carbocycles. The minimum atomic E-state index is -0.0687. The van der Waals surface area contributed by atoms with Crippen molar-refractivity contribution in [2.24, 2.45) is 0 Å². The molecule has 5 heteroatoms. The highest BCUT2D eigenvalue weighted by molar-refractivity contribution is 5.60. The standard InChI is InChI=1S/C13H22N4O/c1-13(2,3)18-10-4-6-17(7-5-10)12-11(14)8-15-9-16-12/h8-10H,4-7,14H2,1-3H3. The first-order chi connectivity index (χ1) is 8.46. The molecule has 100 valence electrons. The molecule has 18 heavy (non-hydrogen) atoms. The summed E-state index contributed by atoms with van der Waals surface area (Å²) in [5, 5.41) is 0. The van der Waals surface area contributed by atoms with Gasteiger partial charge < -0.3 is 15.4 Å². The molecule has 1 saturated heterocycles. The summed E-state index contributed by atoms with van der Waals surface area (Å²) in [6.07, 6.45) is 5.56. The topological polar surface area (TPSA) is 64.3 Å². The van der Waals surface area contributed by atoms with E-state index in [2.05, 4.69) is 35.6 Å². The number of hydrogen-bond acceptors (Lipinski definition) is 5. The number of hydrogen-bond donors (Lipinski definition) is 1. The molecule has 1 fully saturated rings. The molecule has 1 aromatic heterocycles. The quantitative estimate of drug-likeness (QED) is 0.867. The smallest absolute Gasteiger partial charge is 0.155 e. The molecule has 0 unspecified atom stereocenters. The Morgan fingerprint density at radius 1 is 1.33 bits per heavy atom. The van der Waals surface area contributed by atoms with Crippen LogP contribution in [0.3, 0.4) is 0 Å². The average Bonchev–Trinajstić information content (AvgIpc) is 2.29. The van der Waals surface area contributed by atoms with Crippen molar-refractivity contribution < 1.29 is 4.74 Å².